The molecule has 0 aliphatic carbocycles. The van der Waals surface area contributed by atoms with Crippen LogP contribution in [-0.4, -0.2) is 11.7 Å². The second-order valence-corrected chi connectivity index (χ2v) is 5.27. The minimum absolute atomic E-state index is 0.0369. The summed E-state index contributed by atoms with van der Waals surface area (Å²) in [5.74, 6) is 0.730. The summed E-state index contributed by atoms with van der Waals surface area (Å²) in [6, 6.07) is 11.6. The van der Waals surface area contributed by atoms with Crippen LogP contribution in [0.5, 0.6) is 5.75 Å². The molecule has 0 aliphatic heterocycles. The molecule has 2 aromatic rings. The van der Waals surface area contributed by atoms with E-state index in [-0.39, 0.29) is 6.61 Å². The summed E-state index contributed by atoms with van der Waals surface area (Å²) in [7, 11) is 0. The highest BCUT2D eigenvalue weighted by Gasteiger charge is 2.05. The number of rotatable bonds is 6. The van der Waals surface area contributed by atoms with Crippen molar-refractivity contribution < 1.29 is 9.84 Å². The Labute approximate surface area is 130 Å². The van der Waals surface area contributed by atoms with Crippen LogP contribution in [0.2, 0.25) is 5.02 Å². The Hall–Kier alpha value is -1.71. The first-order valence-electron chi connectivity index (χ1n) is 6.99. The van der Waals surface area contributed by atoms with Gasteiger partial charge in [-0.1, -0.05) is 17.7 Å². The predicted molar refractivity (Wildman–Crippen MR) is 87.0 cm³/mol. The van der Waals surface area contributed by atoms with Crippen molar-refractivity contribution in [2.75, 3.05) is 11.9 Å². The first kappa shape index (κ1) is 15.7. The largest absolute Gasteiger partial charge is 0.494 e. The van der Waals surface area contributed by atoms with Gasteiger partial charge in [0.25, 0.3) is 0 Å². The molecule has 0 spiro atoms. The molecule has 4 heteroatoms. The van der Waals surface area contributed by atoms with Gasteiger partial charge in [0.05, 0.1) is 13.2 Å². The van der Waals surface area contributed by atoms with Crippen LogP contribution in [0.3, 0.4) is 0 Å². The van der Waals surface area contributed by atoms with Gasteiger partial charge in [-0.25, -0.2) is 0 Å². The van der Waals surface area contributed by atoms with Crippen molar-refractivity contribution in [3.8, 4) is 5.75 Å². The fraction of sp³-hybridized carbons (Fsp3) is 0.294. The van der Waals surface area contributed by atoms with Crippen molar-refractivity contribution >= 4 is 17.3 Å². The van der Waals surface area contributed by atoms with Gasteiger partial charge in [-0.2, -0.15) is 0 Å². The van der Waals surface area contributed by atoms with Crippen LogP contribution in [0.15, 0.2) is 36.4 Å². The molecule has 0 saturated carbocycles. The zero-order valence-corrected chi connectivity index (χ0v) is 13.1. The van der Waals surface area contributed by atoms with E-state index in [0.29, 0.717) is 13.2 Å². The monoisotopic (exact) mass is 305 g/mol. The molecular weight excluding hydrogens is 286 g/mol. The van der Waals surface area contributed by atoms with Crippen molar-refractivity contribution in [1.29, 1.82) is 0 Å². The van der Waals surface area contributed by atoms with Gasteiger partial charge in [-0.05, 0) is 55.3 Å². The van der Waals surface area contributed by atoms with Crippen LogP contribution in [0, 0.1) is 6.92 Å². The molecule has 3 nitrogen and oxygen atoms in total. The van der Waals surface area contributed by atoms with Crippen LogP contribution in [0.4, 0.5) is 5.69 Å². The Balaban J connectivity index is 2.09. The quantitative estimate of drug-likeness (QED) is 0.842. The summed E-state index contributed by atoms with van der Waals surface area (Å²) in [4.78, 5) is 0. The number of aliphatic hydroxyl groups is 1. The van der Waals surface area contributed by atoms with E-state index >= 15 is 0 Å². The molecule has 2 rings (SSSR count). The van der Waals surface area contributed by atoms with Gasteiger partial charge >= 0.3 is 0 Å². The Morgan fingerprint density at radius 1 is 1.14 bits per heavy atom. The van der Waals surface area contributed by atoms with E-state index in [4.69, 9.17) is 16.3 Å². The molecule has 0 bridgehead atoms. The van der Waals surface area contributed by atoms with Crippen molar-refractivity contribution in [2.45, 2.75) is 27.0 Å². The normalized spacial score (nSPS) is 10.5. The van der Waals surface area contributed by atoms with Gasteiger partial charge in [0.15, 0.2) is 0 Å². The number of ether oxygens (including phenoxy) is 1. The predicted octanol–water partition coefficient (Wildman–Crippen LogP) is 4.15. The molecule has 2 aromatic carbocycles. The Kier molecular flexibility index (Phi) is 5.48. The number of halogens is 1. The van der Waals surface area contributed by atoms with E-state index in [2.05, 4.69) is 5.32 Å². The number of aliphatic hydroxyl groups excluding tert-OH is 1. The molecular formula is C17H20ClNO2. The summed E-state index contributed by atoms with van der Waals surface area (Å²) >= 11 is 5.96. The Morgan fingerprint density at radius 2 is 1.95 bits per heavy atom. The van der Waals surface area contributed by atoms with Crippen LogP contribution in [0.1, 0.15) is 23.6 Å². The Morgan fingerprint density at radius 3 is 2.62 bits per heavy atom. The van der Waals surface area contributed by atoms with E-state index in [9.17, 15) is 5.11 Å². The van der Waals surface area contributed by atoms with Gasteiger partial charge in [-0.15, -0.1) is 0 Å². The molecule has 0 radical (unpaired) electrons. The Bertz CT molecular complexity index is 614. The average molecular weight is 306 g/mol. The molecule has 2 N–H and O–H groups in total. The molecule has 0 unspecified atom stereocenters. The molecule has 0 atom stereocenters. The van der Waals surface area contributed by atoms with Gasteiger partial charge in [0.1, 0.15) is 5.75 Å². The topological polar surface area (TPSA) is 41.5 Å². The SMILES string of the molecule is CCOc1ccc(NCc2ccc(Cl)cc2C)cc1CO. The molecule has 112 valence electrons. The highest BCUT2D eigenvalue weighted by Crippen LogP contribution is 2.24. The number of hydrogen-bond acceptors (Lipinski definition) is 3. The van der Waals surface area contributed by atoms with Gasteiger partial charge in [0.2, 0.25) is 0 Å². The van der Waals surface area contributed by atoms with E-state index in [1.54, 1.807) is 0 Å². The first-order chi connectivity index (χ1) is 10.1. The molecule has 0 saturated heterocycles. The number of aryl methyl sites for hydroxylation is 1. The second kappa shape index (κ2) is 7.34. The number of anilines is 1. The number of hydrogen-bond donors (Lipinski definition) is 2. The van der Waals surface area contributed by atoms with E-state index in [1.807, 2.05) is 50.2 Å². The fourth-order valence-corrected chi connectivity index (χ4v) is 2.39. The van der Waals surface area contributed by atoms with Gasteiger partial charge in [-0.3, -0.25) is 0 Å². The number of benzene rings is 2. The van der Waals surface area contributed by atoms with Crippen molar-refractivity contribution in [3.05, 3.63) is 58.1 Å². The molecule has 0 fully saturated rings. The second-order valence-electron chi connectivity index (χ2n) is 4.84. The highest BCUT2D eigenvalue weighted by atomic mass is 35.5. The third-order valence-electron chi connectivity index (χ3n) is 3.32. The highest BCUT2D eigenvalue weighted by molar-refractivity contribution is 6.30. The lowest BCUT2D eigenvalue weighted by Gasteiger charge is -2.13. The summed E-state index contributed by atoms with van der Waals surface area (Å²) in [5, 5.41) is 13.5. The zero-order valence-electron chi connectivity index (χ0n) is 12.3. The van der Waals surface area contributed by atoms with E-state index in [0.717, 1.165) is 27.6 Å². The maximum atomic E-state index is 9.41. The lowest BCUT2D eigenvalue weighted by molar-refractivity contribution is 0.267. The first-order valence-corrected chi connectivity index (χ1v) is 7.37. The summed E-state index contributed by atoms with van der Waals surface area (Å²) in [6.45, 7) is 5.23. The third-order valence-corrected chi connectivity index (χ3v) is 3.55. The standard InChI is InChI=1S/C17H20ClNO2/c1-3-21-17-7-6-16(9-14(17)11-20)19-10-13-4-5-15(18)8-12(13)2/h4-9,19-20H,3,10-11H2,1-2H3. The molecule has 0 aromatic heterocycles. The van der Waals surface area contributed by atoms with Crippen LogP contribution in [0.25, 0.3) is 0 Å². The third kappa shape index (κ3) is 4.13. The van der Waals surface area contributed by atoms with Crippen LogP contribution < -0.4 is 10.1 Å². The molecule has 0 amide bonds. The molecule has 0 heterocycles. The van der Waals surface area contributed by atoms with Crippen molar-refractivity contribution in [1.82, 2.24) is 0 Å². The minimum atomic E-state index is -0.0369. The average Bonchev–Trinajstić information content (AvgIpc) is 2.47. The lowest BCUT2D eigenvalue weighted by atomic mass is 10.1. The summed E-state index contributed by atoms with van der Waals surface area (Å²) in [5.41, 5.74) is 4.09. The van der Waals surface area contributed by atoms with Crippen LogP contribution >= 0.6 is 11.6 Å². The maximum absolute atomic E-state index is 9.41. The lowest BCUT2D eigenvalue weighted by Crippen LogP contribution is -2.03. The van der Waals surface area contributed by atoms with Crippen molar-refractivity contribution in [2.24, 2.45) is 0 Å². The molecule has 21 heavy (non-hydrogen) atoms. The van der Waals surface area contributed by atoms with Crippen molar-refractivity contribution in [3.63, 3.8) is 0 Å². The fourth-order valence-electron chi connectivity index (χ4n) is 2.16. The number of nitrogens with one attached hydrogen (secondary N) is 1. The van der Waals surface area contributed by atoms with E-state index < -0.39 is 0 Å². The summed E-state index contributed by atoms with van der Waals surface area (Å²) in [6.07, 6.45) is 0. The minimum Gasteiger partial charge on any atom is -0.494 e. The zero-order chi connectivity index (χ0) is 15.2. The van der Waals surface area contributed by atoms with E-state index in [1.165, 1.54) is 5.56 Å². The van der Waals surface area contributed by atoms with Gasteiger partial charge in [0, 0.05) is 22.8 Å². The molecule has 0 aliphatic rings. The smallest absolute Gasteiger partial charge is 0.124 e. The van der Waals surface area contributed by atoms with Gasteiger partial charge < -0.3 is 15.2 Å². The van der Waals surface area contributed by atoms with Crippen LogP contribution in [-0.2, 0) is 13.2 Å². The maximum Gasteiger partial charge on any atom is 0.124 e. The summed E-state index contributed by atoms with van der Waals surface area (Å²) < 4.78 is 5.48.